The SMILES string of the molecule is O=C(Nc1cccc(SC(C(=O)Nc2cc(C(=O)O)ccc2Cl)c2ccccc2)c1)/C(=C\c1ccc([N+](=O)[O-])cc1)NC(=O)c1ccccc1. The van der Waals surface area contributed by atoms with Crippen molar-refractivity contribution in [3.8, 4) is 0 Å². The van der Waals surface area contributed by atoms with Gasteiger partial charge in [0.25, 0.3) is 17.5 Å². The number of carboxylic acids is 1. The van der Waals surface area contributed by atoms with Crippen molar-refractivity contribution in [1.82, 2.24) is 5.32 Å². The molecule has 0 aliphatic heterocycles. The number of aromatic carboxylic acids is 1. The number of nitrogens with one attached hydrogen (secondary N) is 3. The minimum Gasteiger partial charge on any atom is -0.478 e. The summed E-state index contributed by atoms with van der Waals surface area (Å²) in [5.41, 5.74) is 1.62. The number of hydrogen-bond donors (Lipinski definition) is 4. The Morgan fingerprint density at radius 1 is 0.780 bits per heavy atom. The van der Waals surface area contributed by atoms with Gasteiger partial charge in [-0.2, -0.15) is 0 Å². The Morgan fingerprint density at radius 2 is 1.46 bits per heavy atom. The minimum absolute atomic E-state index is 0.0426. The minimum atomic E-state index is -1.17. The van der Waals surface area contributed by atoms with E-state index in [9.17, 15) is 34.4 Å². The molecule has 13 heteroatoms. The van der Waals surface area contributed by atoms with Gasteiger partial charge in [0.1, 0.15) is 10.9 Å². The summed E-state index contributed by atoms with van der Waals surface area (Å²) in [5.74, 6) is -2.84. The van der Waals surface area contributed by atoms with Crippen molar-refractivity contribution in [1.29, 1.82) is 0 Å². The lowest BCUT2D eigenvalue weighted by Crippen LogP contribution is -2.30. The van der Waals surface area contributed by atoms with Crippen molar-refractivity contribution in [2.75, 3.05) is 10.6 Å². The molecule has 0 saturated carbocycles. The number of anilines is 2. The first-order chi connectivity index (χ1) is 24.1. The third-order valence-corrected chi connectivity index (χ3v) is 8.68. The predicted octanol–water partition coefficient (Wildman–Crippen LogP) is 7.83. The number of halogens is 1. The fourth-order valence-corrected chi connectivity index (χ4v) is 5.88. The number of nitro groups is 1. The highest BCUT2D eigenvalue weighted by Crippen LogP contribution is 2.38. The standard InChI is InChI=1S/C37H27ClN4O7S/c38-30-19-16-26(37(46)47)21-31(30)40-36(45)33(24-8-3-1-4-9-24)50-29-13-7-12-27(22-29)39-35(44)32(41-34(43)25-10-5-2-6-11-25)20-23-14-17-28(18-15-23)42(48)49/h1-22,33H,(H,39,44)(H,40,45)(H,41,43)(H,46,47)/b32-20+. The van der Waals surface area contributed by atoms with Crippen molar-refractivity contribution in [3.63, 3.8) is 0 Å². The first kappa shape index (κ1) is 35.1. The summed E-state index contributed by atoms with van der Waals surface area (Å²) in [5, 5.41) is 28.0. The van der Waals surface area contributed by atoms with Crippen molar-refractivity contribution >= 4 is 70.2 Å². The van der Waals surface area contributed by atoms with Crippen LogP contribution in [0.3, 0.4) is 0 Å². The molecule has 0 spiro atoms. The van der Waals surface area contributed by atoms with Gasteiger partial charge < -0.3 is 21.1 Å². The number of nitro benzene ring substituents is 1. The maximum Gasteiger partial charge on any atom is 0.335 e. The van der Waals surface area contributed by atoms with Gasteiger partial charge >= 0.3 is 5.97 Å². The van der Waals surface area contributed by atoms with E-state index in [1.165, 1.54) is 60.3 Å². The molecular weight excluding hydrogens is 680 g/mol. The van der Waals surface area contributed by atoms with Crippen LogP contribution in [0.25, 0.3) is 6.08 Å². The van der Waals surface area contributed by atoms with E-state index in [1.54, 1.807) is 78.9 Å². The third kappa shape index (κ3) is 9.22. The number of carbonyl (C=O) groups is 4. The second-order valence-corrected chi connectivity index (χ2v) is 12.2. The Morgan fingerprint density at radius 3 is 2.12 bits per heavy atom. The van der Waals surface area contributed by atoms with E-state index in [-0.39, 0.29) is 27.7 Å². The highest BCUT2D eigenvalue weighted by atomic mass is 35.5. The second kappa shape index (κ2) is 16.2. The normalized spacial score (nSPS) is 11.6. The van der Waals surface area contributed by atoms with Gasteiger partial charge in [0.05, 0.1) is 21.2 Å². The van der Waals surface area contributed by atoms with Crippen LogP contribution in [0, 0.1) is 10.1 Å². The Labute approximate surface area is 295 Å². The van der Waals surface area contributed by atoms with Gasteiger partial charge in [-0.3, -0.25) is 24.5 Å². The molecule has 0 saturated heterocycles. The van der Waals surface area contributed by atoms with Crippen LogP contribution in [-0.4, -0.2) is 33.7 Å². The maximum atomic E-state index is 13.7. The molecule has 250 valence electrons. The molecule has 0 aliphatic carbocycles. The molecular formula is C37H27ClN4O7S. The molecule has 0 heterocycles. The monoisotopic (exact) mass is 706 g/mol. The fraction of sp³-hybridized carbons (Fsp3) is 0.0270. The fourth-order valence-electron chi connectivity index (χ4n) is 4.64. The van der Waals surface area contributed by atoms with Gasteiger partial charge in [-0.1, -0.05) is 66.2 Å². The second-order valence-electron chi connectivity index (χ2n) is 10.6. The van der Waals surface area contributed by atoms with Gasteiger partial charge in [-0.25, -0.2) is 4.79 Å². The van der Waals surface area contributed by atoms with E-state index in [2.05, 4.69) is 16.0 Å². The van der Waals surface area contributed by atoms with Crippen molar-refractivity contribution in [2.45, 2.75) is 10.1 Å². The number of amides is 3. The first-order valence-corrected chi connectivity index (χ1v) is 16.1. The number of rotatable bonds is 12. The molecule has 4 N–H and O–H groups in total. The van der Waals surface area contributed by atoms with Crippen LogP contribution in [0.4, 0.5) is 17.1 Å². The summed E-state index contributed by atoms with van der Waals surface area (Å²) in [7, 11) is 0. The molecule has 0 aromatic heterocycles. The number of benzene rings is 5. The number of non-ortho nitro benzene ring substituents is 1. The van der Waals surface area contributed by atoms with Crippen molar-refractivity contribution in [3.05, 3.63) is 170 Å². The molecule has 11 nitrogen and oxygen atoms in total. The first-order valence-electron chi connectivity index (χ1n) is 14.9. The average Bonchev–Trinajstić information content (AvgIpc) is 3.12. The summed E-state index contributed by atoms with van der Waals surface area (Å²) in [6.45, 7) is 0. The molecule has 5 aromatic carbocycles. The van der Waals surface area contributed by atoms with Crippen LogP contribution in [0.2, 0.25) is 5.02 Å². The Kier molecular flexibility index (Phi) is 11.4. The van der Waals surface area contributed by atoms with E-state index < -0.39 is 33.9 Å². The van der Waals surface area contributed by atoms with E-state index >= 15 is 0 Å². The summed E-state index contributed by atoms with van der Waals surface area (Å²) in [6.07, 6.45) is 1.40. The summed E-state index contributed by atoms with van der Waals surface area (Å²) in [6, 6.07) is 33.5. The third-order valence-electron chi connectivity index (χ3n) is 7.10. The highest BCUT2D eigenvalue weighted by Gasteiger charge is 2.24. The molecule has 3 amide bonds. The molecule has 0 aliphatic rings. The smallest absolute Gasteiger partial charge is 0.335 e. The zero-order valence-electron chi connectivity index (χ0n) is 25.9. The topological polar surface area (TPSA) is 168 Å². The van der Waals surface area contributed by atoms with Gasteiger partial charge in [-0.15, -0.1) is 11.8 Å². The lowest BCUT2D eigenvalue weighted by molar-refractivity contribution is -0.384. The molecule has 0 fully saturated rings. The largest absolute Gasteiger partial charge is 0.478 e. The number of hydrogen-bond acceptors (Lipinski definition) is 7. The molecule has 1 atom stereocenters. The Bertz CT molecular complexity index is 2090. The van der Waals surface area contributed by atoms with Gasteiger partial charge in [0, 0.05) is 28.3 Å². The lowest BCUT2D eigenvalue weighted by atomic mass is 10.1. The summed E-state index contributed by atoms with van der Waals surface area (Å²) < 4.78 is 0. The number of nitrogens with zero attached hydrogens (tertiary/aromatic N) is 1. The highest BCUT2D eigenvalue weighted by molar-refractivity contribution is 8.00. The zero-order chi connectivity index (χ0) is 35.6. The quantitative estimate of drug-likeness (QED) is 0.0441. The molecule has 50 heavy (non-hydrogen) atoms. The van der Waals surface area contributed by atoms with Crippen LogP contribution in [-0.2, 0) is 9.59 Å². The number of thioether (sulfide) groups is 1. The molecule has 0 bridgehead atoms. The van der Waals surface area contributed by atoms with Crippen molar-refractivity contribution in [2.24, 2.45) is 0 Å². The van der Waals surface area contributed by atoms with E-state index in [0.29, 0.717) is 27.3 Å². The maximum absolute atomic E-state index is 13.7. The molecule has 1 unspecified atom stereocenters. The Balaban J connectivity index is 1.39. The molecule has 0 radical (unpaired) electrons. The van der Waals surface area contributed by atoms with Crippen LogP contribution >= 0.6 is 23.4 Å². The molecule has 5 aromatic rings. The lowest BCUT2D eigenvalue weighted by Gasteiger charge is -2.18. The molecule has 5 rings (SSSR count). The Hall–Kier alpha value is -6.24. The summed E-state index contributed by atoms with van der Waals surface area (Å²) >= 11 is 7.46. The average molecular weight is 707 g/mol. The number of carbonyl (C=O) groups excluding carboxylic acids is 3. The van der Waals surface area contributed by atoms with Crippen LogP contribution in [0.15, 0.2) is 138 Å². The van der Waals surface area contributed by atoms with Gasteiger partial charge in [-0.05, 0) is 77.9 Å². The zero-order valence-corrected chi connectivity index (χ0v) is 27.5. The van der Waals surface area contributed by atoms with E-state index in [0.717, 1.165) is 0 Å². The number of carboxylic acid groups (broad SMARTS) is 1. The van der Waals surface area contributed by atoms with Crippen LogP contribution < -0.4 is 16.0 Å². The van der Waals surface area contributed by atoms with Crippen molar-refractivity contribution < 1.29 is 29.2 Å². The van der Waals surface area contributed by atoms with E-state index in [1.807, 2.05) is 6.07 Å². The van der Waals surface area contributed by atoms with Gasteiger partial charge in [0.15, 0.2) is 0 Å². The van der Waals surface area contributed by atoms with E-state index in [4.69, 9.17) is 11.6 Å². The van der Waals surface area contributed by atoms with Crippen LogP contribution in [0.1, 0.15) is 37.1 Å². The van der Waals surface area contributed by atoms with Crippen LogP contribution in [0.5, 0.6) is 0 Å². The predicted molar refractivity (Wildman–Crippen MR) is 192 cm³/mol. The van der Waals surface area contributed by atoms with Gasteiger partial charge in [0.2, 0.25) is 5.91 Å². The summed E-state index contributed by atoms with van der Waals surface area (Å²) in [4.78, 5) is 63.0.